The molecule has 1 aliphatic heterocycles. The fraction of sp³-hybridized carbons (Fsp3) is 0.462. The number of nitrogens with one attached hydrogen (secondary N) is 2. The number of hydrazine groups is 1. The predicted molar refractivity (Wildman–Crippen MR) is 70.2 cm³/mol. The molecular formula is C13H19N3O2. The third kappa shape index (κ3) is 2.80. The molecule has 0 radical (unpaired) electrons. The number of benzene rings is 1. The van der Waals surface area contributed by atoms with Crippen LogP contribution in [0.25, 0.3) is 0 Å². The molecule has 0 aromatic heterocycles. The molecule has 1 amide bonds. The van der Waals surface area contributed by atoms with E-state index in [4.69, 9.17) is 10.6 Å². The maximum absolute atomic E-state index is 12.1. The Morgan fingerprint density at radius 3 is 2.94 bits per heavy atom. The molecule has 18 heavy (non-hydrogen) atoms. The van der Waals surface area contributed by atoms with Gasteiger partial charge in [0.05, 0.1) is 23.4 Å². The van der Waals surface area contributed by atoms with Crippen LogP contribution >= 0.6 is 0 Å². The second-order valence-corrected chi connectivity index (χ2v) is 4.50. The summed E-state index contributed by atoms with van der Waals surface area (Å²) in [5, 5.41) is 2.95. The molecule has 4 N–H and O–H groups in total. The topological polar surface area (TPSA) is 76.4 Å². The minimum absolute atomic E-state index is 0.00540. The van der Waals surface area contributed by atoms with Gasteiger partial charge in [-0.2, -0.15) is 0 Å². The summed E-state index contributed by atoms with van der Waals surface area (Å²) in [5.41, 5.74) is 3.69. The van der Waals surface area contributed by atoms with E-state index in [0.717, 1.165) is 19.4 Å². The van der Waals surface area contributed by atoms with Crippen molar-refractivity contribution in [2.24, 2.45) is 5.84 Å². The van der Waals surface area contributed by atoms with Gasteiger partial charge in [-0.3, -0.25) is 10.6 Å². The van der Waals surface area contributed by atoms with Gasteiger partial charge in [0, 0.05) is 6.61 Å². The first-order valence-corrected chi connectivity index (χ1v) is 6.20. The number of para-hydroxylation sites is 1. The van der Waals surface area contributed by atoms with E-state index in [1.54, 1.807) is 12.1 Å². The number of nitrogen functional groups attached to an aromatic ring is 1. The zero-order chi connectivity index (χ0) is 13.0. The largest absolute Gasteiger partial charge is 0.376 e. The van der Waals surface area contributed by atoms with Crippen LogP contribution in [0.1, 0.15) is 30.1 Å². The molecule has 1 aliphatic rings. The third-order valence-electron chi connectivity index (χ3n) is 3.21. The Bertz CT molecular complexity index is 416. The van der Waals surface area contributed by atoms with Crippen molar-refractivity contribution >= 4 is 11.6 Å². The lowest BCUT2D eigenvalue weighted by Gasteiger charge is -2.20. The van der Waals surface area contributed by atoms with Crippen molar-refractivity contribution in [1.29, 1.82) is 0 Å². The van der Waals surface area contributed by atoms with Crippen LogP contribution in [0.3, 0.4) is 0 Å². The first-order chi connectivity index (χ1) is 8.72. The van der Waals surface area contributed by atoms with Crippen LogP contribution in [-0.2, 0) is 4.74 Å². The normalized spacial score (nSPS) is 20.4. The summed E-state index contributed by atoms with van der Waals surface area (Å²) in [5.74, 6) is 5.25. The highest BCUT2D eigenvalue weighted by Gasteiger charge is 2.24. The predicted octanol–water partition coefficient (Wildman–Crippen LogP) is 1.27. The molecule has 0 spiro atoms. The van der Waals surface area contributed by atoms with E-state index in [2.05, 4.69) is 10.7 Å². The zero-order valence-electron chi connectivity index (χ0n) is 10.5. The van der Waals surface area contributed by atoms with Crippen LogP contribution in [0.5, 0.6) is 0 Å². The van der Waals surface area contributed by atoms with Gasteiger partial charge in [0.2, 0.25) is 0 Å². The summed E-state index contributed by atoms with van der Waals surface area (Å²) in [7, 11) is 0. The maximum atomic E-state index is 12.1. The van der Waals surface area contributed by atoms with Gasteiger partial charge >= 0.3 is 0 Å². The van der Waals surface area contributed by atoms with Crippen molar-refractivity contribution in [1.82, 2.24) is 5.32 Å². The number of ether oxygens (including phenoxy) is 1. The number of hydrogen-bond acceptors (Lipinski definition) is 4. The van der Waals surface area contributed by atoms with Crippen LogP contribution in [0.15, 0.2) is 24.3 Å². The van der Waals surface area contributed by atoms with Gasteiger partial charge in [0.25, 0.3) is 5.91 Å². The quantitative estimate of drug-likeness (QED) is 0.555. The van der Waals surface area contributed by atoms with E-state index >= 15 is 0 Å². The number of rotatable bonds is 4. The van der Waals surface area contributed by atoms with Crippen LogP contribution < -0.4 is 16.6 Å². The highest BCUT2D eigenvalue weighted by Crippen LogP contribution is 2.17. The molecule has 2 rings (SSSR count). The standard InChI is InChI=1S/C13H19N3O2/c1-9(12-7-4-8-18-12)15-13(17)10-5-2-3-6-11(10)16-14/h2-3,5-6,9,12,16H,4,7-8,14H2,1H3,(H,15,17). The zero-order valence-corrected chi connectivity index (χ0v) is 10.5. The lowest BCUT2D eigenvalue weighted by molar-refractivity contribution is 0.0713. The van der Waals surface area contributed by atoms with Crippen molar-refractivity contribution in [2.45, 2.75) is 31.9 Å². The molecule has 2 unspecified atom stereocenters. The SMILES string of the molecule is CC(NC(=O)c1ccccc1NN)C1CCCO1. The Kier molecular flexibility index (Phi) is 4.17. The monoisotopic (exact) mass is 249 g/mol. The molecule has 2 atom stereocenters. The first-order valence-electron chi connectivity index (χ1n) is 6.20. The number of amides is 1. The molecule has 98 valence electrons. The van der Waals surface area contributed by atoms with Crippen molar-refractivity contribution in [3.63, 3.8) is 0 Å². The van der Waals surface area contributed by atoms with E-state index in [-0.39, 0.29) is 18.1 Å². The Balaban J connectivity index is 2.02. The summed E-state index contributed by atoms with van der Waals surface area (Å²) < 4.78 is 5.55. The summed E-state index contributed by atoms with van der Waals surface area (Å²) in [4.78, 5) is 12.1. The van der Waals surface area contributed by atoms with Gasteiger partial charge in [-0.15, -0.1) is 0 Å². The van der Waals surface area contributed by atoms with Gasteiger partial charge in [-0.05, 0) is 31.9 Å². The number of carbonyl (C=O) groups is 1. The molecule has 1 heterocycles. The number of anilines is 1. The summed E-state index contributed by atoms with van der Waals surface area (Å²) in [6, 6.07) is 7.16. The summed E-state index contributed by atoms with van der Waals surface area (Å²) in [6.07, 6.45) is 2.18. The molecule has 1 aromatic rings. The number of hydrogen-bond donors (Lipinski definition) is 3. The van der Waals surface area contributed by atoms with Crippen molar-refractivity contribution in [3.05, 3.63) is 29.8 Å². The Morgan fingerprint density at radius 1 is 1.50 bits per heavy atom. The van der Waals surface area contributed by atoms with Crippen molar-refractivity contribution in [2.75, 3.05) is 12.0 Å². The molecule has 5 nitrogen and oxygen atoms in total. The smallest absolute Gasteiger partial charge is 0.253 e. The highest BCUT2D eigenvalue weighted by atomic mass is 16.5. The molecule has 1 fully saturated rings. The molecule has 5 heteroatoms. The minimum atomic E-state index is -0.133. The second-order valence-electron chi connectivity index (χ2n) is 4.50. The number of nitrogens with two attached hydrogens (primary N) is 1. The molecule has 1 saturated heterocycles. The molecule has 1 aromatic carbocycles. The minimum Gasteiger partial charge on any atom is -0.376 e. The third-order valence-corrected chi connectivity index (χ3v) is 3.21. The molecular weight excluding hydrogens is 230 g/mol. The van der Waals surface area contributed by atoms with Gasteiger partial charge in [0.15, 0.2) is 0 Å². The maximum Gasteiger partial charge on any atom is 0.253 e. The van der Waals surface area contributed by atoms with E-state index in [1.807, 2.05) is 19.1 Å². The fourth-order valence-electron chi connectivity index (χ4n) is 2.18. The van der Waals surface area contributed by atoms with E-state index in [9.17, 15) is 4.79 Å². The van der Waals surface area contributed by atoms with Crippen LogP contribution in [0, 0.1) is 0 Å². The average Bonchev–Trinajstić information content (AvgIpc) is 2.92. The van der Waals surface area contributed by atoms with Gasteiger partial charge < -0.3 is 15.5 Å². The Labute approximate surface area is 107 Å². The average molecular weight is 249 g/mol. The van der Waals surface area contributed by atoms with Crippen molar-refractivity contribution in [3.8, 4) is 0 Å². The van der Waals surface area contributed by atoms with Crippen LogP contribution in [-0.4, -0.2) is 24.7 Å². The molecule has 0 aliphatic carbocycles. The summed E-state index contributed by atoms with van der Waals surface area (Å²) in [6.45, 7) is 2.75. The first kappa shape index (κ1) is 12.9. The lowest BCUT2D eigenvalue weighted by Crippen LogP contribution is -2.41. The molecule has 0 saturated carbocycles. The number of carbonyl (C=O) groups excluding carboxylic acids is 1. The molecule has 0 bridgehead atoms. The van der Waals surface area contributed by atoms with Crippen LogP contribution in [0.2, 0.25) is 0 Å². The van der Waals surface area contributed by atoms with E-state index in [1.165, 1.54) is 0 Å². The van der Waals surface area contributed by atoms with Gasteiger partial charge in [-0.25, -0.2) is 0 Å². The van der Waals surface area contributed by atoms with Crippen molar-refractivity contribution < 1.29 is 9.53 Å². The van der Waals surface area contributed by atoms with E-state index < -0.39 is 0 Å². The second kappa shape index (κ2) is 5.84. The highest BCUT2D eigenvalue weighted by molar-refractivity contribution is 5.99. The van der Waals surface area contributed by atoms with Gasteiger partial charge in [-0.1, -0.05) is 12.1 Å². The fourth-order valence-corrected chi connectivity index (χ4v) is 2.18. The summed E-state index contributed by atoms with van der Waals surface area (Å²) >= 11 is 0. The lowest BCUT2D eigenvalue weighted by atomic mass is 10.1. The van der Waals surface area contributed by atoms with Gasteiger partial charge in [0.1, 0.15) is 0 Å². The Morgan fingerprint density at radius 2 is 2.28 bits per heavy atom. The van der Waals surface area contributed by atoms with Crippen LogP contribution in [0.4, 0.5) is 5.69 Å². The Hall–Kier alpha value is -1.59. The van der Waals surface area contributed by atoms with E-state index in [0.29, 0.717) is 11.3 Å².